The molecule has 0 spiro atoms. The van der Waals surface area contributed by atoms with E-state index in [4.69, 9.17) is 4.74 Å². The molecule has 0 radical (unpaired) electrons. The molecule has 154 valence electrons. The van der Waals surface area contributed by atoms with E-state index in [1.807, 2.05) is 23.9 Å². The van der Waals surface area contributed by atoms with E-state index in [-0.39, 0.29) is 6.61 Å². The second kappa shape index (κ2) is 8.58. The number of anilines is 3. The summed E-state index contributed by atoms with van der Waals surface area (Å²) in [7, 11) is 0. The SMILES string of the molecule is OCc1cc(Nc2ccc3c(c2)OCCN3CCC2=CSC3=CC=CCC23)ccn1. The van der Waals surface area contributed by atoms with Gasteiger partial charge >= 0.3 is 0 Å². The van der Waals surface area contributed by atoms with Gasteiger partial charge in [-0.05, 0) is 47.4 Å². The lowest BCUT2D eigenvalue weighted by atomic mass is 9.91. The molecule has 0 saturated heterocycles. The number of hydrogen-bond donors (Lipinski definition) is 2. The molecule has 0 saturated carbocycles. The molecule has 1 aliphatic carbocycles. The Balaban J connectivity index is 1.27. The van der Waals surface area contributed by atoms with Crippen LogP contribution in [0.4, 0.5) is 17.1 Å². The molecule has 5 rings (SSSR count). The van der Waals surface area contributed by atoms with E-state index in [0.29, 0.717) is 18.2 Å². The smallest absolute Gasteiger partial charge is 0.144 e. The molecule has 1 atom stereocenters. The first-order valence-electron chi connectivity index (χ1n) is 10.4. The lowest BCUT2D eigenvalue weighted by Gasteiger charge is -2.32. The van der Waals surface area contributed by atoms with Crippen LogP contribution in [0.1, 0.15) is 18.5 Å². The molecule has 6 heteroatoms. The summed E-state index contributed by atoms with van der Waals surface area (Å²) in [6.45, 7) is 2.55. The minimum Gasteiger partial charge on any atom is -0.489 e. The third-order valence-corrected chi connectivity index (χ3v) is 6.88. The summed E-state index contributed by atoms with van der Waals surface area (Å²) in [5.74, 6) is 1.51. The Bertz CT molecular complexity index is 1030. The fourth-order valence-electron chi connectivity index (χ4n) is 4.18. The molecule has 2 aromatic rings. The highest BCUT2D eigenvalue weighted by atomic mass is 32.2. The minimum atomic E-state index is -0.0683. The fourth-order valence-corrected chi connectivity index (χ4v) is 5.32. The number of aliphatic hydroxyl groups excluding tert-OH is 1. The van der Waals surface area contributed by atoms with Crippen molar-refractivity contribution in [2.45, 2.75) is 19.4 Å². The number of nitrogens with zero attached hydrogens (tertiary/aromatic N) is 2. The predicted octanol–water partition coefficient (Wildman–Crippen LogP) is 5.00. The lowest BCUT2D eigenvalue weighted by molar-refractivity contribution is 0.277. The first-order valence-corrected chi connectivity index (χ1v) is 11.2. The summed E-state index contributed by atoms with van der Waals surface area (Å²) in [4.78, 5) is 8.05. The largest absolute Gasteiger partial charge is 0.489 e. The van der Waals surface area contributed by atoms with Crippen molar-refractivity contribution in [1.29, 1.82) is 0 Å². The molecular formula is C24H25N3O2S. The number of aromatic nitrogens is 1. The van der Waals surface area contributed by atoms with E-state index in [1.54, 1.807) is 11.8 Å². The number of aliphatic hydroxyl groups is 1. The van der Waals surface area contributed by atoms with Crippen LogP contribution in [0.2, 0.25) is 0 Å². The van der Waals surface area contributed by atoms with E-state index in [2.05, 4.69) is 57.0 Å². The molecule has 0 bridgehead atoms. The van der Waals surface area contributed by atoms with Gasteiger partial charge in [0.05, 0.1) is 24.5 Å². The average Bonchev–Trinajstić information content (AvgIpc) is 3.21. The van der Waals surface area contributed by atoms with E-state index >= 15 is 0 Å². The number of rotatable bonds is 6. The van der Waals surface area contributed by atoms with Gasteiger partial charge in [0, 0.05) is 36.1 Å². The number of hydrogen-bond acceptors (Lipinski definition) is 6. The van der Waals surface area contributed by atoms with Crippen LogP contribution in [0.15, 0.2) is 70.6 Å². The third kappa shape index (κ3) is 3.98. The van der Waals surface area contributed by atoms with Crippen molar-refractivity contribution in [3.8, 4) is 5.75 Å². The first-order chi connectivity index (χ1) is 14.8. The van der Waals surface area contributed by atoms with Gasteiger partial charge in [0.1, 0.15) is 12.4 Å². The standard InChI is InChI=1S/C24H25N3O2S/c28-15-20-13-19(7-9-25-20)26-18-5-6-22-23(14-18)29-12-11-27(22)10-8-17-16-30-24-4-2-1-3-21(17)24/h1-2,4-7,9,13-14,16,21,28H,3,8,10-12,15H2,(H,25,26). The number of allylic oxidation sites excluding steroid dienone is 4. The zero-order valence-electron chi connectivity index (χ0n) is 16.8. The fraction of sp³-hybridized carbons (Fsp3) is 0.292. The number of fused-ring (bicyclic) bond motifs is 2. The Morgan fingerprint density at radius 1 is 1.23 bits per heavy atom. The van der Waals surface area contributed by atoms with Crippen molar-refractivity contribution in [2.75, 3.05) is 29.9 Å². The van der Waals surface area contributed by atoms with Crippen LogP contribution in [0.3, 0.4) is 0 Å². The van der Waals surface area contributed by atoms with Gasteiger partial charge in [-0.15, -0.1) is 11.8 Å². The predicted molar refractivity (Wildman–Crippen MR) is 123 cm³/mol. The second-order valence-electron chi connectivity index (χ2n) is 7.68. The Morgan fingerprint density at radius 3 is 3.10 bits per heavy atom. The van der Waals surface area contributed by atoms with E-state index in [9.17, 15) is 5.11 Å². The zero-order valence-corrected chi connectivity index (χ0v) is 17.6. The molecule has 3 aliphatic rings. The Kier molecular flexibility index (Phi) is 5.51. The van der Waals surface area contributed by atoms with Crippen molar-refractivity contribution in [3.05, 3.63) is 76.3 Å². The summed E-state index contributed by atoms with van der Waals surface area (Å²) in [5, 5.41) is 15.0. The summed E-state index contributed by atoms with van der Waals surface area (Å²) in [5.41, 5.74) is 5.22. The summed E-state index contributed by atoms with van der Waals surface area (Å²) in [6.07, 6.45) is 10.6. The maximum atomic E-state index is 9.28. The normalized spacial score (nSPS) is 19.5. The second-order valence-corrected chi connectivity index (χ2v) is 8.63. The Morgan fingerprint density at radius 2 is 2.17 bits per heavy atom. The van der Waals surface area contributed by atoms with Crippen molar-refractivity contribution in [1.82, 2.24) is 4.98 Å². The van der Waals surface area contributed by atoms with Gasteiger partial charge in [-0.25, -0.2) is 0 Å². The molecule has 2 N–H and O–H groups in total. The molecule has 0 amide bonds. The maximum Gasteiger partial charge on any atom is 0.144 e. The topological polar surface area (TPSA) is 57.6 Å². The molecule has 1 aromatic heterocycles. The van der Waals surface area contributed by atoms with Crippen LogP contribution in [0.25, 0.3) is 0 Å². The first kappa shape index (κ1) is 19.3. The average molecular weight is 420 g/mol. The van der Waals surface area contributed by atoms with Crippen LogP contribution in [0, 0.1) is 5.92 Å². The number of ether oxygens (including phenoxy) is 1. The lowest BCUT2D eigenvalue weighted by Crippen LogP contribution is -2.33. The monoisotopic (exact) mass is 419 g/mol. The Hall–Kier alpha value is -2.70. The molecule has 3 heterocycles. The van der Waals surface area contributed by atoms with Gasteiger partial charge in [0.25, 0.3) is 0 Å². The van der Waals surface area contributed by atoms with Gasteiger partial charge in [-0.1, -0.05) is 23.8 Å². The van der Waals surface area contributed by atoms with E-state index in [1.165, 1.54) is 4.91 Å². The van der Waals surface area contributed by atoms with Crippen molar-refractivity contribution in [3.63, 3.8) is 0 Å². The Labute approximate surface area is 181 Å². The molecule has 1 aromatic carbocycles. The van der Waals surface area contributed by atoms with Crippen LogP contribution < -0.4 is 15.0 Å². The van der Waals surface area contributed by atoms with Crippen molar-refractivity contribution in [2.24, 2.45) is 5.92 Å². The van der Waals surface area contributed by atoms with Gasteiger partial charge in [0.2, 0.25) is 0 Å². The van der Waals surface area contributed by atoms with Gasteiger partial charge in [-0.3, -0.25) is 4.98 Å². The third-order valence-electron chi connectivity index (χ3n) is 5.76. The van der Waals surface area contributed by atoms with Crippen molar-refractivity contribution >= 4 is 28.8 Å². The van der Waals surface area contributed by atoms with Gasteiger partial charge in [-0.2, -0.15) is 0 Å². The summed E-state index contributed by atoms with van der Waals surface area (Å²) >= 11 is 1.89. The molecular weight excluding hydrogens is 394 g/mol. The van der Waals surface area contributed by atoms with Gasteiger partial charge < -0.3 is 20.1 Å². The molecule has 5 nitrogen and oxygen atoms in total. The zero-order chi connectivity index (χ0) is 20.3. The highest BCUT2D eigenvalue weighted by molar-refractivity contribution is 8.06. The number of pyridine rings is 1. The number of thioether (sulfide) groups is 1. The summed E-state index contributed by atoms with van der Waals surface area (Å²) < 4.78 is 5.96. The van der Waals surface area contributed by atoms with Crippen LogP contribution in [-0.2, 0) is 6.61 Å². The molecule has 1 unspecified atom stereocenters. The summed E-state index contributed by atoms with van der Waals surface area (Å²) in [6, 6.07) is 10.0. The van der Waals surface area contributed by atoms with E-state index < -0.39 is 0 Å². The molecule has 30 heavy (non-hydrogen) atoms. The highest BCUT2D eigenvalue weighted by Gasteiger charge is 2.26. The molecule has 0 fully saturated rings. The highest BCUT2D eigenvalue weighted by Crippen LogP contribution is 2.45. The molecule has 2 aliphatic heterocycles. The van der Waals surface area contributed by atoms with Crippen LogP contribution in [0.5, 0.6) is 5.75 Å². The quantitative estimate of drug-likeness (QED) is 0.687. The maximum absolute atomic E-state index is 9.28. The van der Waals surface area contributed by atoms with E-state index in [0.717, 1.165) is 48.7 Å². The van der Waals surface area contributed by atoms with Crippen LogP contribution >= 0.6 is 11.8 Å². The van der Waals surface area contributed by atoms with Crippen LogP contribution in [-0.4, -0.2) is 29.8 Å². The number of benzene rings is 1. The van der Waals surface area contributed by atoms with Crippen molar-refractivity contribution < 1.29 is 9.84 Å². The number of nitrogens with one attached hydrogen (secondary N) is 1. The minimum absolute atomic E-state index is 0.0683. The van der Waals surface area contributed by atoms with Gasteiger partial charge in [0.15, 0.2) is 0 Å².